The maximum atomic E-state index is 11.9. The van der Waals surface area contributed by atoms with Crippen LogP contribution in [0.2, 0.25) is 0 Å². The maximum Gasteiger partial charge on any atom is 0.233 e. The van der Waals surface area contributed by atoms with Crippen molar-refractivity contribution in [3.8, 4) is 0 Å². The standard InChI is InChI=1S/C12H20N2OS/c15-10-9-16-11-12(5-2-1-3-6-12)13-7-4-8-14(10)11/h11,13H,1-9H2/p+1/t11-/m0/s1. The number of quaternary nitrogens is 1. The number of hydrogen-bond donors (Lipinski definition) is 1. The van der Waals surface area contributed by atoms with Gasteiger partial charge in [-0.3, -0.25) is 4.79 Å². The van der Waals surface area contributed by atoms with Gasteiger partial charge in [0.15, 0.2) is 0 Å². The average molecular weight is 241 g/mol. The van der Waals surface area contributed by atoms with E-state index in [0.29, 0.717) is 16.8 Å². The first kappa shape index (κ1) is 10.9. The average Bonchev–Trinajstić information content (AvgIpc) is 2.59. The van der Waals surface area contributed by atoms with Gasteiger partial charge in [0.05, 0.1) is 12.3 Å². The van der Waals surface area contributed by atoms with E-state index < -0.39 is 0 Å². The van der Waals surface area contributed by atoms with Gasteiger partial charge in [0.1, 0.15) is 10.9 Å². The van der Waals surface area contributed by atoms with Crippen LogP contribution in [0.25, 0.3) is 0 Å². The molecule has 3 rings (SSSR count). The first-order chi connectivity index (χ1) is 7.82. The summed E-state index contributed by atoms with van der Waals surface area (Å²) in [6.45, 7) is 2.20. The van der Waals surface area contributed by atoms with E-state index in [9.17, 15) is 4.79 Å². The largest absolute Gasteiger partial charge is 0.339 e. The van der Waals surface area contributed by atoms with Crippen molar-refractivity contribution in [3.05, 3.63) is 0 Å². The monoisotopic (exact) mass is 241 g/mol. The zero-order chi connectivity index (χ0) is 11.0. The fourth-order valence-corrected chi connectivity index (χ4v) is 5.12. The van der Waals surface area contributed by atoms with Gasteiger partial charge in [-0.2, -0.15) is 0 Å². The van der Waals surface area contributed by atoms with Gasteiger partial charge in [0.2, 0.25) is 5.91 Å². The minimum Gasteiger partial charge on any atom is -0.339 e. The summed E-state index contributed by atoms with van der Waals surface area (Å²) in [6.07, 6.45) is 7.90. The lowest BCUT2D eigenvalue weighted by molar-refractivity contribution is -0.729. The van der Waals surface area contributed by atoms with E-state index in [1.807, 2.05) is 11.8 Å². The Labute approximate surface area is 101 Å². The number of hydrogen-bond acceptors (Lipinski definition) is 2. The smallest absolute Gasteiger partial charge is 0.233 e. The highest BCUT2D eigenvalue weighted by Gasteiger charge is 2.51. The highest BCUT2D eigenvalue weighted by atomic mass is 32.2. The molecule has 4 heteroatoms. The summed E-state index contributed by atoms with van der Waals surface area (Å²) in [5.74, 6) is 1.11. The predicted molar refractivity (Wildman–Crippen MR) is 65.2 cm³/mol. The van der Waals surface area contributed by atoms with Gasteiger partial charge in [0, 0.05) is 25.8 Å². The molecule has 90 valence electrons. The minimum absolute atomic E-state index is 0.367. The van der Waals surface area contributed by atoms with E-state index in [-0.39, 0.29) is 0 Å². The van der Waals surface area contributed by atoms with Gasteiger partial charge in [-0.15, -0.1) is 11.8 Å². The third-order valence-corrected chi connectivity index (χ3v) is 5.85. The number of fused-ring (bicyclic) bond motifs is 2. The minimum atomic E-state index is 0.367. The van der Waals surface area contributed by atoms with Crippen molar-refractivity contribution >= 4 is 17.7 Å². The van der Waals surface area contributed by atoms with E-state index >= 15 is 0 Å². The van der Waals surface area contributed by atoms with E-state index in [4.69, 9.17) is 0 Å². The van der Waals surface area contributed by atoms with Crippen molar-refractivity contribution in [3.63, 3.8) is 0 Å². The summed E-state index contributed by atoms with van der Waals surface area (Å²) < 4.78 is 0. The molecule has 0 aromatic carbocycles. The SMILES string of the molecule is O=C1CS[C@@H]2N1CCC[NH2+]C21CCCCC1. The molecule has 1 amide bonds. The highest BCUT2D eigenvalue weighted by molar-refractivity contribution is 8.01. The zero-order valence-corrected chi connectivity index (χ0v) is 10.6. The van der Waals surface area contributed by atoms with E-state index in [1.165, 1.54) is 45.1 Å². The molecule has 1 atom stereocenters. The van der Waals surface area contributed by atoms with Gasteiger partial charge >= 0.3 is 0 Å². The summed E-state index contributed by atoms with van der Waals surface area (Å²) in [5.41, 5.74) is 0.367. The van der Waals surface area contributed by atoms with Gasteiger partial charge in [0.25, 0.3) is 0 Å². The van der Waals surface area contributed by atoms with Crippen molar-refractivity contribution in [2.24, 2.45) is 0 Å². The van der Waals surface area contributed by atoms with Crippen molar-refractivity contribution in [2.45, 2.75) is 49.4 Å². The first-order valence-corrected chi connectivity index (χ1v) is 7.62. The van der Waals surface area contributed by atoms with Crippen molar-refractivity contribution in [1.29, 1.82) is 0 Å². The number of nitrogens with two attached hydrogens (primary N) is 1. The van der Waals surface area contributed by atoms with E-state index in [0.717, 1.165) is 12.3 Å². The molecule has 16 heavy (non-hydrogen) atoms. The van der Waals surface area contributed by atoms with Crippen LogP contribution in [0.4, 0.5) is 0 Å². The van der Waals surface area contributed by atoms with Crippen LogP contribution in [0, 0.1) is 0 Å². The molecular weight excluding hydrogens is 220 g/mol. The van der Waals surface area contributed by atoms with Crippen LogP contribution < -0.4 is 5.32 Å². The Bertz CT molecular complexity index is 289. The number of carbonyl (C=O) groups excluding carboxylic acids is 1. The molecule has 2 N–H and O–H groups in total. The molecule has 1 saturated carbocycles. The Morgan fingerprint density at radius 3 is 2.88 bits per heavy atom. The Morgan fingerprint density at radius 2 is 2.06 bits per heavy atom. The molecule has 1 aliphatic carbocycles. The van der Waals surface area contributed by atoms with Crippen LogP contribution in [-0.4, -0.2) is 40.6 Å². The summed E-state index contributed by atoms with van der Waals surface area (Å²) >= 11 is 1.90. The van der Waals surface area contributed by atoms with Crippen LogP contribution in [0.1, 0.15) is 38.5 Å². The molecule has 0 aromatic heterocycles. The summed E-state index contributed by atoms with van der Waals surface area (Å²) in [7, 11) is 0. The highest BCUT2D eigenvalue weighted by Crippen LogP contribution is 2.39. The van der Waals surface area contributed by atoms with Gasteiger partial charge < -0.3 is 10.2 Å². The number of thioether (sulfide) groups is 1. The van der Waals surface area contributed by atoms with Gasteiger partial charge in [-0.05, 0) is 12.8 Å². The maximum absolute atomic E-state index is 11.9. The lowest BCUT2D eigenvalue weighted by Crippen LogP contribution is -2.99. The van der Waals surface area contributed by atoms with Crippen LogP contribution in [-0.2, 0) is 4.79 Å². The molecule has 3 fully saturated rings. The topological polar surface area (TPSA) is 36.9 Å². The molecule has 0 radical (unpaired) electrons. The summed E-state index contributed by atoms with van der Waals surface area (Å²) in [4.78, 5) is 14.1. The third-order valence-electron chi connectivity index (χ3n) is 4.40. The molecule has 1 spiro atoms. The Kier molecular flexibility index (Phi) is 2.88. The predicted octanol–water partition coefficient (Wildman–Crippen LogP) is 0.558. The second-order valence-electron chi connectivity index (χ2n) is 5.39. The molecule has 3 nitrogen and oxygen atoms in total. The zero-order valence-electron chi connectivity index (χ0n) is 9.78. The van der Waals surface area contributed by atoms with E-state index in [2.05, 4.69) is 10.2 Å². The quantitative estimate of drug-likeness (QED) is 0.673. The third kappa shape index (κ3) is 1.66. The Balaban J connectivity index is 1.87. The number of amides is 1. The molecule has 3 aliphatic rings. The van der Waals surface area contributed by atoms with Crippen LogP contribution in [0.3, 0.4) is 0 Å². The van der Waals surface area contributed by atoms with Crippen molar-refractivity contribution in [1.82, 2.24) is 4.90 Å². The Morgan fingerprint density at radius 1 is 1.25 bits per heavy atom. The lowest BCUT2D eigenvalue weighted by atomic mass is 9.81. The molecule has 0 aromatic rings. The molecular formula is C12H21N2OS+. The normalized spacial score (nSPS) is 33.9. The van der Waals surface area contributed by atoms with E-state index in [1.54, 1.807) is 0 Å². The molecule has 2 heterocycles. The van der Waals surface area contributed by atoms with Crippen LogP contribution in [0.5, 0.6) is 0 Å². The fraction of sp³-hybridized carbons (Fsp3) is 0.917. The van der Waals surface area contributed by atoms with Crippen LogP contribution >= 0.6 is 11.8 Å². The summed E-state index contributed by atoms with van der Waals surface area (Å²) in [6, 6.07) is 0. The van der Waals surface area contributed by atoms with Gasteiger partial charge in [-0.1, -0.05) is 6.42 Å². The van der Waals surface area contributed by atoms with Gasteiger partial charge in [-0.25, -0.2) is 0 Å². The molecule has 0 bridgehead atoms. The number of carbonyl (C=O) groups is 1. The second-order valence-corrected chi connectivity index (χ2v) is 6.46. The Hall–Kier alpha value is -0.220. The van der Waals surface area contributed by atoms with Crippen molar-refractivity contribution < 1.29 is 10.1 Å². The fourth-order valence-electron chi connectivity index (χ4n) is 3.59. The summed E-state index contributed by atoms with van der Waals surface area (Å²) in [5, 5.41) is 3.05. The molecule has 2 aliphatic heterocycles. The molecule has 2 saturated heterocycles. The number of rotatable bonds is 0. The second kappa shape index (κ2) is 4.22. The van der Waals surface area contributed by atoms with Crippen LogP contribution in [0.15, 0.2) is 0 Å². The van der Waals surface area contributed by atoms with Crippen molar-refractivity contribution in [2.75, 3.05) is 18.8 Å². The molecule has 0 unspecified atom stereocenters. The lowest BCUT2D eigenvalue weighted by Gasteiger charge is -2.40. The number of nitrogens with zero attached hydrogens (tertiary/aromatic N) is 1. The first-order valence-electron chi connectivity index (χ1n) is 6.57.